The Hall–Kier alpha value is -3.01. The van der Waals surface area contributed by atoms with Crippen molar-refractivity contribution in [2.24, 2.45) is 5.73 Å². The minimum absolute atomic E-state index is 0.0273. The molecule has 0 amide bonds. The van der Waals surface area contributed by atoms with Crippen LogP contribution in [0, 0.1) is 0 Å². The fourth-order valence-electron chi connectivity index (χ4n) is 2.90. The van der Waals surface area contributed by atoms with Crippen molar-refractivity contribution in [1.29, 1.82) is 0 Å². The summed E-state index contributed by atoms with van der Waals surface area (Å²) in [5.74, 6) is -1.90. The number of ketones is 1. The quantitative estimate of drug-likeness (QED) is 0.487. The molecule has 0 saturated heterocycles. The number of rotatable bonds is 7. The zero-order valence-electron chi connectivity index (χ0n) is 16.7. The number of carbonyl (C=O) groups is 1. The molecule has 154 valence electrons. The summed E-state index contributed by atoms with van der Waals surface area (Å²) < 4.78 is 43.7. The zero-order chi connectivity index (χ0) is 23.0. The van der Waals surface area contributed by atoms with Gasteiger partial charge in [0.05, 0.1) is 34.5 Å². The lowest BCUT2D eigenvalue weighted by molar-refractivity contribution is -0.126. The van der Waals surface area contributed by atoms with E-state index in [1.807, 2.05) is 0 Å². The van der Waals surface area contributed by atoms with Crippen LogP contribution in [0.1, 0.15) is 11.1 Å². The lowest BCUT2D eigenvalue weighted by Crippen LogP contribution is -2.40. The number of benzene rings is 2. The second-order valence-electron chi connectivity index (χ2n) is 6.63. The Morgan fingerprint density at radius 3 is 2.23 bits per heavy atom. The van der Waals surface area contributed by atoms with Gasteiger partial charge in [0.25, 0.3) is 0 Å². The molecule has 8 nitrogen and oxygen atoms in total. The molecule has 2 aromatic carbocycles. The van der Waals surface area contributed by atoms with Crippen LogP contribution in [0.5, 0.6) is 11.5 Å². The molecule has 2 aromatic rings. The van der Waals surface area contributed by atoms with E-state index in [2.05, 4.69) is 0 Å². The summed E-state index contributed by atoms with van der Waals surface area (Å²) in [7, 11) is 15.8. The van der Waals surface area contributed by atoms with Gasteiger partial charge in [-0.1, -0.05) is 36.4 Å². The van der Waals surface area contributed by atoms with E-state index in [-0.39, 0.29) is 16.9 Å². The summed E-state index contributed by atoms with van der Waals surface area (Å²) in [4.78, 5) is 13.0. The first-order valence-electron chi connectivity index (χ1n) is 8.80. The summed E-state index contributed by atoms with van der Waals surface area (Å²) >= 11 is 0. The molecular formula is C19H16B3NO7S. The molecule has 1 heterocycles. The van der Waals surface area contributed by atoms with Gasteiger partial charge in [0.1, 0.15) is 7.85 Å². The van der Waals surface area contributed by atoms with Crippen LogP contribution in [0.3, 0.4) is 0 Å². The van der Waals surface area contributed by atoms with E-state index in [4.69, 9.17) is 47.7 Å². The minimum Gasteiger partial charge on any atom is -0.493 e. The molecule has 1 atom stereocenters. The van der Waals surface area contributed by atoms with Gasteiger partial charge in [-0.05, 0) is 23.3 Å². The van der Waals surface area contributed by atoms with Crippen LogP contribution in [0.25, 0.3) is 0 Å². The van der Waals surface area contributed by atoms with Crippen molar-refractivity contribution in [1.82, 2.24) is 0 Å². The van der Waals surface area contributed by atoms with Gasteiger partial charge in [0.2, 0.25) is 17.4 Å². The molecule has 0 fully saturated rings. The summed E-state index contributed by atoms with van der Waals surface area (Å²) in [5, 5.41) is 0. The summed E-state index contributed by atoms with van der Waals surface area (Å²) in [6.07, 6.45) is 0. The molecule has 0 aromatic heterocycles. The van der Waals surface area contributed by atoms with Crippen LogP contribution in [-0.4, -0.2) is 52.0 Å². The van der Waals surface area contributed by atoms with E-state index in [1.165, 1.54) is 44.6 Å². The molecule has 0 spiro atoms. The number of hydrogen-bond donors (Lipinski definition) is 1. The average molecular weight is 435 g/mol. The maximum absolute atomic E-state index is 13.0. The molecule has 31 heavy (non-hydrogen) atoms. The van der Waals surface area contributed by atoms with Crippen molar-refractivity contribution in [3.63, 3.8) is 0 Å². The number of Topliss-reactive ketones (excluding diaryl/α,β-unsaturated/α-hetero) is 1. The number of carbonyl (C=O) groups excluding carboxylic acids is 1. The van der Waals surface area contributed by atoms with Crippen molar-refractivity contribution in [2.75, 3.05) is 14.2 Å². The Labute approximate surface area is 184 Å². The Bertz CT molecular complexity index is 1150. The van der Waals surface area contributed by atoms with E-state index in [0.717, 1.165) is 0 Å². The van der Waals surface area contributed by atoms with Crippen molar-refractivity contribution in [3.05, 3.63) is 71.3 Å². The van der Waals surface area contributed by atoms with Crippen LogP contribution in [-0.2, 0) is 33.9 Å². The molecule has 6 radical (unpaired) electrons. The maximum Gasteiger partial charge on any atom is 0.302 e. The summed E-state index contributed by atoms with van der Waals surface area (Å²) in [5.41, 5.74) is 3.70. The van der Waals surface area contributed by atoms with Crippen molar-refractivity contribution >= 4 is 39.4 Å². The molecule has 2 N–H and O–H groups in total. The van der Waals surface area contributed by atoms with Crippen molar-refractivity contribution < 1.29 is 31.6 Å². The SMILES string of the molecule is [B]C([B])(c1ccccc1)S(=O)(=O)OC1=C(N)O[C@@]([B])(c2ccc(OC)c(OC)c2)C1=O. The lowest BCUT2D eigenvalue weighted by Gasteiger charge is -2.26. The third kappa shape index (κ3) is 3.76. The van der Waals surface area contributed by atoms with Crippen LogP contribution >= 0.6 is 0 Å². The maximum atomic E-state index is 13.0. The fourth-order valence-corrected chi connectivity index (χ4v) is 3.84. The molecule has 0 unspecified atom stereocenters. The topological polar surface area (TPSA) is 114 Å². The second-order valence-corrected chi connectivity index (χ2v) is 8.38. The molecule has 3 rings (SSSR count). The van der Waals surface area contributed by atoms with E-state index in [9.17, 15) is 13.2 Å². The third-order valence-electron chi connectivity index (χ3n) is 4.68. The Balaban J connectivity index is 1.94. The van der Waals surface area contributed by atoms with Gasteiger partial charge in [-0.25, -0.2) is 0 Å². The second kappa shape index (κ2) is 7.92. The van der Waals surface area contributed by atoms with Gasteiger partial charge in [0.15, 0.2) is 17.0 Å². The van der Waals surface area contributed by atoms with Gasteiger partial charge in [-0.3, -0.25) is 4.79 Å². The number of methoxy groups -OCH3 is 2. The molecule has 0 saturated carbocycles. The first-order valence-corrected chi connectivity index (χ1v) is 10.2. The number of ether oxygens (including phenoxy) is 3. The van der Waals surface area contributed by atoms with Gasteiger partial charge in [-0.15, -0.1) is 0 Å². The molecule has 0 bridgehead atoms. The normalized spacial score (nSPS) is 19.1. The number of hydrogen-bond acceptors (Lipinski definition) is 8. The lowest BCUT2D eigenvalue weighted by atomic mass is 9.65. The predicted octanol–water partition coefficient (Wildman–Crippen LogP) is 0.246. The van der Waals surface area contributed by atoms with Crippen molar-refractivity contribution in [3.8, 4) is 11.5 Å². The average Bonchev–Trinajstić information content (AvgIpc) is 2.97. The largest absolute Gasteiger partial charge is 0.493 e. The highest BCUT2D eigenvalue weighted by atomic mass is 32.2. The first kappa shape index (κ1) is 22.7. The highest BCUT2D eigenvalue weighted by Gasteiger charge is 2.50. The zero-order valence-corrected chi connectivity index (χ0v) is 17.5. The Morgan fingerprint density at radius 1 is 1.03 bits per heavy atom. The van der Waals surface area contributed by atoms with Gasteiger partial charge in [0, 0.05) is 0 Å². The van der Waals surface area contributed by atoms with E-state index >= 15 is 0 Å². The van der Waals surface area contributed by atoms with Crippen LogP contribution < -0.4 is 15.2 Å². The molecule has 1 aliphatic heterocycles. The molecule has 12 heteroatoms. The predicted molar refractivity (Wildman–Crippen MR) is 114 cm³/mol. The highest BCUT2D eigenvalue weighted by Crippen LogP contribution is 2.40. The van der Waals surface area contributed by atoms with E-state index < -0.39 is 37.6 Å². The molecular weight excluding hydrogens is 419 g/mol. The van der Waals surface area contributed by atoms with Crippen LogP contribution in [0.4, 0.5) is 0 Å². The Morgan fingerprint density at radius 2 is 1.65 bits per heavy atom. The summed E-state index contributed by atoms with van der Waals surface area (Å²) in [6, 6.07) is 11.8. The molecule has 0 aliphatic carbocycles. The first-order chi connectivity index (χ1) is 14.5. The van der Waals surface area contributed by atoms with Crippen LogP contribution in [0.15, 0.2) is 60.2 Å². The van der Waals surface area contributed by atoms with Gasteiger partial charge < -0.3 is 24.1 Å². The monoisotopic (exact) mass is 435 g/mol. The Kier molecular flexibility index (Phi) is 5.79. The summed E-state index contributed by atoms with van der Waals surface area (Å²) in [6.45, 7) is 0. The molecule has 1 aliphatic rings. The van der Waals surface area contributed by atoms with Crippen LogP contribution in [0.2, 0.25) is 0 Å². The van der Waals surface area contributed by atoms with E-state index in [0.29, 0.717) is 5.75 Å². The number of nitrogens with two attached hydrogens (primary N) is 1. The third-order valence-corrected chi connectivity index (χ3v) is 6.13. The van der Waals surface area contributed by atoms with Gasteiger partial charge in [-0.2, -0.15) is 8.42 Å². The standard InChI is InChI=1S/C19H16B3NO7S/c1-27-13-9-8-12(10-14(13)28-2)18(20)16(24)15(17(23)29-18)30-31(25,26)19(21,22)11-6-4-3-5-7-11/h3-10H,23H2,1-2H3/t18-/m0/s1. The van der Waals surface area contributed by atoms with Crippen molar-refractivity contribution in [2.45, 2.75) is 10.0 Å². The highest BCUT2D eigenvalue weighted by molar-refractivity contribution is 7.90. The van der Waals surface area contributed by atoms with Gasteiger partial charge >= 0.3 is 10.1 Å². The fraction of sp³-hybridized carbons (Fsp3) is 0.211. The van der Waals surface area contributed by atoms with E-state index in [1.54, 1.807) is 18.2 Å². The smallest absolute Gasteiger partial charge is 0.302 e. The minimum atomic E-state index is -4.80.